The molecule has 2 saturated heterocycles. The third-order valence-electron chi connectivity index (χ3n) is 5.25. The molecule has 2 aliphatic heterocycles. The van der Waals surface area contributed by atoms with Gasteiger partial charge in [-0.25, -0.2) is 0 Å². The van der Waals surface area contributed by atoms with Crippen LogP contribution in [0.25, 0.3) is 0 Å². The predicted octanol–water partition coefficient (Wildman–Crippen LogP) is 1.93. The SMILES string of the molecule is CC1(CNC(=O)c2ccc(CN3CCCC3=O)cc2)CCNCC1. The summed E-state index contributed by atoms with van der Waals surface area (Å²) in [5, 5.41) is 6.44. The second-order valence-electron chi connectivity index (χ2n) is 7.36. The number of nitrogens with one attached hydrogen (secondary N) is 2. The quantitative estimate of drug-likeness (QED) is 0.868. The summed E-state index contributed by atoms with van der Waals surface area (Å²) in [5.41, 5.74) is 1.95. The summed E-state index contributed by atoms with van der Waals surface area (Å²) in [6.45, 7) is 6.49. The third kappa shape index (κ3) is 4.15. The fourth-order valence-electron chi connectivity index (χ4n) is 3.46. The highest BCUT2D eigenvalue weighted by molar-refractivity contribution is 5.94. The van der Waals surface area contributed by atoms with E-state index in [1.165, 1.54) is 0 Å². The molecule has 2 heterocycles. The minimum atomic E-state index is -0.0152. The minimum Gasteiger partial charge on any atom is -0.351 e. The standard InChI is InChI=1S/C19H27N3O2/c1-19(8-10-20-11-9-19)14-21-18(24)16-6-4-15(5-7-16)13-22-12-2-3-17(22)23/h4-7,20H,2-3,8-14H2,1H3,(H,21,24). The summed E-state index contributed by atoms with van der Waals surface area (Å²) in [7, 11) is 0. The molecule has 24 heavy (non-hydrogen) atoms. The van der Waals surface area contributed by atoms with Crippen LogP contribution in [0, 0.1) is 5.41 Å². The molecule has 0 atom stereocenters. The van der Waals surface area contributed by atoms with Crippen molar-refractivity contribution in [2.45, 2.75) is 39.2 Å². The minimum absolute atomic E-state index is 0.0152. The zero-order valence-corrected chi connectivity index (χ0v) is 14.4. The van der Waals surface area contributed by atoms with Gasteiger partial charge in [-0.2, -0.15) is 0 Å². The summed E-state index contributed by atoms with van der Waals surface area (Å²) >= 11 is 0. The molecule has 1 aromatic rings. The number of hydrogen-bond acceptors (Lipinski definition) is 3. The van der Waals surface area contributed by atoms with Crippen molar-refractivity contribution >= 4 is 11.8 Å². The lowest BCUT2D eigenvalue weighted by molar-refractivity contribution is -0.128. The molecule has 0 bridgehead atoms. The van der Waals surface area contributed by atoms with Gasteiger partial charge in [0.2, 0.25) is 5.91 Å². The van der Waals surface area contributed by atoms with Crippen molar-refractivity contribution < 1.29 is 9.59 Å². The third-order valence-corrected chi connectivity index (χ3v) is 5.25. The molecule has 2 fully saturated rings. The van der Waals surface area contributed by atoms with Crippen LogP contribution in [0.2, 0.25) is 0 Å². The first kappa shape index (κ1) is 17.0. The Labute approximate surface area is 143 Å². The zero-order chi connectivity index (χ0) is 17.0. The smallest absolute Gasteiger partial charge is 0.251 e. The highest BCUT2D eigenvalue weighted by Crippen LogP contribution is 2.26. The predicted molar refractivity (Wildman–Crippen MR) is 93.6 cm³/mol. The van der Waals surface area contributed by atoms with Crippen LogP contribution in [0.15, 0.2) is 24.3 Å². The van der Waals surface area contributed by atoms with Gasteiger partial charge in [-0.1, -0.05) is 19.1 Å². The monoisotopic (exact) mass is 329 g/mol. The van der Waals surface area contributed by atoms with Crippen molar-refractivity contribution in [1.29, 1.82) is 0 Å². The number of piperidine rings is 1. The second-order valence-corrected chi connectivity index (χ2v) is 7.36. The first-order chi connectivity index (χ1) is 11.6. The molecule has 0 saturated carbocycles. The molecule has 5 nitrogen and oxygen atoms in total. The number of rotatable bonds is 5. The highest BCUT2D eigenvalue weighted by Gasteiger charge is 2.27. The van der Waals surface area contributed by atoms with Crippen molar-refractivity contribution in [1.82, 2.24) is 15.5 Å². The Balaban J connectivity index is 1.52. The molecule has 0 spiro atoms. The van der Waals surface area contributed by atoms with Crippen LogP contribution in [-0.4, -0.2) is 42.9 Å². The van der Waals surface area contributed by atoms with E-state index in [1.807, 2.05) is 29.2 Å². The van der Waals surface area contributed by atoms with E-state index in [4.69, 9.17) is 0 Å². The van der Waals surface area contributed by atoms with Gasteiger partial charge >= 0.3 is 0 Å². The maximum absolute atomic E-state index is 12.3. The van der Waals surface area contributed by atoms with Crippen LogP contribution in [0.1, 0.15) is 48.5 Å². The molecule has 130 valence electrons. The molecule has 0 aromatic heterocycles. The summed E-state index contributed by atoms with van der Waals surface area (Å²) in [6, 6.07) is 7.62. The van der Waals surface area contributed by atoms with Crippen molar-refractivity contribution in [3.63, 3.8) is 0 Å². The summed E-state index contributed by atoms with van der Waals surface area (Å²) in [5.74, 6) is 0.214. The van der Waals surface area contributed by atoms with Crippen LogP contribution < -0.4 is 10.6 Å². The van der Waals surface area contributed by atoms with Gasteiger partial charge in [-0.05, 0) is 55.5 Å². The average molecular weight is 329 g/mol. The molecule has 1 aromatic carbocycles. The topological polar surface area (TPSA) is 61.4 Å². The Morgan fingerprint density at radius 1 is 1.25 bits per heavy atom. The number of carbonyl (C=O) groups excluding carboxylic acids is 2. The highest BCUT2D eigenvalue weighted by atomic mass is 16.2. The summed E-state index contributed by atoms with van der Waals surface area (Å²) in [4.78, 5) is 25.9. The fourth-order valence-corrected chi connectivity index (χ4v) is 3.46. The molecule has 5 heteroatoms. The Hall–Kier alpha value is -1.88. The fraction of sp³-hybridized carbons (Fsp3) is 0.579. The van der Waals surface area contributed by atoms with Crippen molar-refractivity contribution in [3.8, 4) is 0 Å². The van der Waals surface area contributed by atoms with Gasteiger partial charge in [0.25, 0.3) is 5.91 Å². The summed E-state index contributed by atoms with van der Waals surface area (Å²) < 4.78 is 0. The normalized spacial score (nSPS) is 20.2. The van der Waals surface area contributed by atoms with Crippen molar-refractivity contribution in [2.24, 2.45) is 5.41 Å². The number of benzene rings is 1. The average Bonchev–Trinajstić information content (AvgIpc) is 2.99. The van der Waals surface area contributed by atoms with Gasteiger partial charge in [-0.15, -0.1) is 0 Å². The number of hydrogen-bond donors (Lipinski definition) is 2. The molecule has 0 aliphatic carbocycles. The lowest BCUT2D eigenvalue weighted by atomic mass is 9.81. The molecule has 3 rings (SSSR count). The Morgan fingerprint density at radius 3 is 2.58 bits per heavy atom. The molecule has 2 N–H and O–H groups in total. The van der Waals surface area contributed by atoms with Gasteiger partial charge in [0.15, 0.2) is 0 Å². The zero-order valence-electron chi connectivity index (χ0n) is 14.4. The van der Waals surface area contributed by atoms with Gasteiger partial charge in [0.1, 0.15) is 0 Å². The Kier molecular flexibility index (Phi) is 5.19. The lowest BCUT2D eigenvalue weighted by Crippen LogP contribution is -2.42. The van der Waals surface area contributed by atoms with Gasteiger partial charge in [0.05, 0.1) is 0 Å². The largest absolute Gasteiger partial charge is 0.351 e. The maximum atomic E-state index is 12.3. The number of nitrogens with zero attached hydrogens (tertiary/aromatic N) is 1. The van der Waals surface area contributed by atoms with E-state index in [0.29, 0.717) is 18.5 Å². The Morgan fingerprint density at radius 2 is 1.96 bits per heavy atom. The molecule has 2 aliphatic rings. The van der Waals surface area contributed by atoms with Crippen LogP contribution >= 0.6 is 0 Å². The number of likely N-dealkylation sites (tertiary alicyclic amines) is 1. The second kappa shape index (κ2) is 7.34. The van der Waals surface area contributed by atoms with Crippen molar-refractivity contribution in [2.75, 3.05) is 26.2 Å². The van der Waals surface area contributed by atoms with E-state index in [1.54, 1.807) is 0 Å². The summed E-state index contributed by atoms with van der Waals surface area (Å²) in [6.07, 6.45) is 3.80. The first-order valence-electron chi connectivity index (χ1n) is 8.91. The van der Waals surface area contributed by atoms with E-state index in [9.17, 15) is 9.59 Å². The number of amides is 2. The van der Waals surface area contributed by atoms with Gasteiger partial charge < -0.3 is 15.5 Å². The molecular weight excluding hydrogens is 302 g/mol. The van der Waals surface area contributed by atoms with Gasteiger partial charge in [-0.3, -0.25) is 9.59 Å². The van der Waals surface area contributed by atoms with E-state index in [2.05, 4.69) is 17.6 Å². The first-order valence-corrected chi connectivity index (χ1v) is 8.91. The van der Waals surface area contributed by atoms with Crippen LogP contribution in [0.3, 0.4) is 0 Å². The van der Waals surface area contributed by atoms with E-state index in [-0.39, 0.29) is 17.2 Å². The van der Waals surface area contributed by atoms with Crippen molar-refractivity contribution in [3.05, 3.63) is 35.4 Å². The van der Waals surface area contributed by atoms with Crippen LogP contribution in [0.4, 0.5) is 0 Å². The van der Waals surface area contributed by atoms with Gasteiger partial charge in [0, 0.05) is 31.6 Å². The molecule has 2 amide bonds. The lowest BCUT2D eigenvalue weighted by Gasteiger charge is -2.34. The molecular formula is C19H27N3O2. The van der Waals surface area contributed by atoms with Crippen LogP contribution in [-0.2, 0) is 11.3 Å². The number of carbonyl (C=O) groups is 2. The van der Waals surface area contributed by atoms with E-state index in [0.717, 1.165) is 51.0 Å². The maximum Gasteiger partial charge on any atom is 0.251 e. The molecule has 0 radical (unpaired) electrons. The molecule has 0 unspecified atom stereocenters. The van der Waals surface area contributed by atoms with Crippen LogP contribution in [0.5, 0.6) is 0 Å². The Bertz CT molecular complexity index is 591. The van der Waals surface area contributed by atoms with E-state index < -0.39 is 0 Å². The van der Waals surface area contributed by atoms with E-state index >= 15 is 0 Å².